The Kier molecular flexibility index (Phi) is 5.13. The van der Waals surface area contributed by atoms with E-state index in [2.05, 4.69) is 29.5 Å². The number of likely N-dealkylation sites (tertiary alicyclic amines) is 1. The van der Waals surface area contributed by atoms with Gasteiger partial charge >= 0.3 is 0 Å². The Morgan fingerprint density at radius 3 is 2.87 bits per heavy atom. The van der Waals surface area contributed by atoms with E-state index in [0.29, 0.717) is 17.5 Å². The highest BCUT2D eigenvalue weighted by Crippen LogP contribution is 2.20. The van der Waals surface area contributed by atoms with Gasteiger partial charge in [-0.25, -0.2) is 4.98 Å². The maximum Gasteiger partial charge on any atom is 0.257 e. The normalized spacial score (nSPS) is 16.2. The predicted molar refractivity (Wildman–Crippen MR) is 90.7 cm³/mol. The lowest BCUT2D eigenvalue weighted by atomic mass is 10.0. The smallest absolute Gasteiger partial charge is 0.257 e. The predicted octanol–water partition coefficient (Wildman–Crippen LogP) is 3.25. The first-order chi connectivity index (χ1) is 11.1. The fourth-order valence-corrected chi connectivity index (χ4v) is 3.61. The van der Waals surface area contributed by atoms with Gasteiger partial charge in [-0.3, -0.25) is 4.79 Å². The van der Waals surface area contributed by atoms with Crippen molar-refractivity contribution in [1.82, 2.24) is 15.2 Å². The zero-order chi connectivity index (χ0) is 16.2. The van der Waals surface area contributed by atoms with Crippen LogP contribution < -0.4 is 5.32 Å². The van der Waals surface area contributed by atoms with Gasteiger partial charge in [0.05, 0.1) is 22.5 Å². The molecule has 0 saturated carbocycles. The molecule has 1 amide bonds. The monoisotopic (exact) mass is 333 g/mol. The lowest BCUT2D eigenvalue weighted by Crippen LogP contribution is -2.44. The first-order valence-electron chi connectivity index (χ1n) is 8.12. The molecule has 0 spiro atoms. The van der Waals surface area contributed by atoms with Crippen molar-refractivity contribution < 1.29 is 9.21 Å². The van der Waals surface area contributed by atoms with Crippen LogP contribution in [0.15, 0.2) is 28.4 Å². The van der Waals surface area contributed by atoms with Crippen molar-refractivity contribution >= 4 is 17.2 Å². The minimum absolute atomic E-state index is 0.0678. The first-order valence-corrected chi connectivity index (χ1v) is 9.00. The van der Waals surface area contributed by atoms with E-state index in [-0.39, 0.29) is 5.91 Å². The number of aromatic nitrogens is 1. The van der Waals surface area contributed by atoms with E-state index in [1.165, 1.54) is 11.3 Å². The zero-order valence-corrected chi connectivity index (χ0v) is 14.4. The van der Waals surface area contributed by atoms with Gasteiger partial charge in [-0.05, 0) is 18.9 Å². The van der Waals surface area contributed by atoms with E-state index < -0.39 is 0 Å². The highest BCUT2D eigenvalue weighted by molar-refractivity contribution is 7.09. The first kappa shape index (κ1) is 16.2. The summed E-state index contributed by atoms with van der Waals surface area (Å²) in [6.07, 6.45) is 5.01. The number of furan rings is 1. The molecular formula is C17H23N3O2S. The highest BCUT2D eigenvalue weighted by Gasteiger charge is 2.24. The fourth-order valence-electron chi connectivity index (χ4n) is 2.77. The number of piperidine rings is 1. The van der Waals surface area contributed by atoms with Crippen molar-refractivity contribution in [1.29, 1.82) is 0 Å². The molecule has 6 heteroatoms. The Hall–Kier alpha value is -1.66. The molecule has 1 saturated heterocycles. The molecular weight excluding hydrogens is 310 g/mol. The number of nitrogens with one attached hydrogen (secondary N) is 1. The average Bonchev–Trinajstić information content (AvgIpc) is 3.24. The average molecular weight is 333 g/mol. The molecule has 1 aliphatic heterocycles. The molecule has 3 heterocycles. The van der Waals surface area contributed by atoms with Gasteiger partial charge in [0.1, 0.15) is 6.26 Å². The van der Waals surface area contributed by atoms with Gasteiger partial charge in [0.2, 0.25) is 0 Å². The van der Waals surface area contributed by atoms with Crippen molar-refractivity contribution in [2.24, 2.45) is 0 Å². The topological polar surface area (TPSA) is 58.4 Å². The van der Waals surface area contributed by atoms with Gasteiger partial charge in [0, 0.05) is 37.0 Å². The highest BCUT2D eigenvalue weighted by atomic mass is 32.1. The van der Waals surface area contributed by atoms with Gasteiger partial charge in [0.25, 0.3) is 5.91 Å². The fraction of sp³-hybridized carbons (Fsp3) is 0.529. The number of amides is 1. The molecule has 0 aromatic carbocycles. The lowest BCUT2D eigenvalue weighted by molar-refractivity contribution is 0.0704. The van der Waals surface area contributed by atoms with Gasteiger partial charge in [-0.15, -0.1) is 11.3 Å². The third kappa shape index (κ3) is 4.00. The molecule has 0 atom stereocenters. The van der Waals surface area contributed by atoms with Crippen LogP contribution in [0.2, 0.25) is 0 Å². The van der Waals surface area contributed by atoms with Crippen LogP contribution in [-0.2, 0) is 6.54 Å². The van der Waals surface area contributed by atoms with E-state index >= 15 is 0 Å². The molecule has 3 rings (SSSR count). The quantitative estimate of drug-likeness (QED) is 0.912. The molecule has 0 aliphatic carbocycles. The second-order valence-electron chi connectivity index (χ2n) is 6.29. The van der Waals surface area contributed by atoms with Crippen LogP contribution in [0, 0.1) is 0 Å². The molecule has 2 aromatic rings. The minimum atomic E-state index is 0.0678. The second kappa shape index (κ2) is 7.27. The van der Waals surface area contributed by atoms with Gasteiger partial charge in [-0.1, -0.05) is 13.8 Å². The third-order valence-electron chi connectivity index (χ3n) is 4.19. The van der Waals surface area contributed by atoms with Gasteiger partial charge < -0.3 is 14.6 Å². The number of carbonyl (C=O) groups is 1. The molecule has 1 N–H and O–H groups in total. The Balaban J connectivity index is 1.45. The zero-order valence-electron chi connectivity index (χ0n) is 13.6. The molecule has 5 nitrogen and oxygen atoms in total. The van der Waals surface area contributed by atoms with E-state index in [1.807, 2.05) is 4.90 Å². The summed E-state index contributed by atoms with van der Waals surface area (Å²) in [5, 5.41) is 6.91. The lowest BCUT2D eigenvalue weighted by Gasteiger charge is -2.32. The maximum absolute atomic E-state index is 12.3. The van der Waals surface area contributed by atoms with Crippen molar-refractivity contribution in [3.8, 4) is 0 Å². The number of hydrogen-bond donors (Lipinski definition) is 1. The standard InChI is InChI=1S/C17H23N3O2S/c1-12(2)16-19-15(11-23-16)9-18-14-3-6-20(7-4-14)17(21)13-5-8-22-10-13/h5,8,10-12,14,18H,3-4,6-7,9H2,1-2H3. The number of hydrogen-bond acceptors (Lipinski definition) is 5. The molecule has 0 bridgehead atoms. The summed E-state index contributed by atoms with van der Waals surface area (Å²) in [5.41, 5.74) is 1.76. The van der Waals surface area contributed by atoms with Crippen LogP contribution in [0.4, 0.5) is 0 Å². The summed E-state index contributed by atoms with van der Waals surface area (Å²) in [6.45, 7) is 6.72. The molecule has 124 valence electrons. The van der Waals surface area contributed by atoms with Crippen LogP contribution in [-0.4, -0.2) is 34.9 Å². The number of thiazole rings is 1. The summed E-state index contributed by atoms with van der Waals surface area (Å²) in [6, 6.07) is 2.17. The Morgan fingerprint density at radius 2 is 2.26 bits per heavy atom. The summed E-state index contributed by atoms with van der Waals surface area (Å²) >= 11 is 1.73. The van der Waals surface area contributed by atoms with Crippen LogP contribution in [0.3, 0.4) is 0 Å². The molecule has 1 aliphatic rings. The second-order valence-corrected chi connectivity index (χ2v) is 7.18. The summed E-state index contributed by atoms with van der Waals surface area (Å²) < 4.78 is 4.99. The Bertz CT molecular complexity index is 628. The number of nitrogens with zero attached hydrogens (tertiary/aromatic N) is 2. The third-order valence-corrected chi connectivity index (χ3v) is 5.38. The minimum Gasteiger partial charge on any atom is -0.472 e. The summed E-state index contributed by atoms with van der Waals surface area (Å²) in [7, 11) is 0. The SMILES string of the molecule is CC(C)c1nc(CNC2CCN(C(=O)c3ccoc3)CC2)cs1. The molecule has 23 heavy (non-hydrogen) atoms. The van der Waals surface area contributed by atoms with Crippen LogP contribution in [0.1, 0.15) is 53.7 Å². The molecule has 1 fully saturated rings. The van der Waals surface area contributed by atoms with E-state index in [1.54, 1.807) is 23.7 Å². The largest absolute Gasteiger partial charge is 0.472 e. The van der Waals surface area contributed by atoms with Crippen LogP contribution >= 0.6 is 11.3 Å². The van der Waals surface area contributed by atoms with Crippen molar-refractivity contribution in [2.45, 2.75) is 45.2 Å². The summed E-state index contributed by atoms with van der Waals surface area (Å²) in [5.74, 6) is 0.559. The van der Waals surface area contributed by atoms with Crippen molar-refractivity contribution in [3.05, 3.63) is 40.2 Å². The van der Waals surface area contributed by atoms with Crippen LogP contribution in [0.25, 0.3) is 0 Å². The van der Waals surface area contributed by atoms with Gasteiger partial charge in [-0.2, -0.15) is 0 Å². The number of rotatable bonds is 5. The van der Waals surface area contributed by atoms with Gasteiger partial charge in [0.15, 0.2) is 0 Å². The van der Waals surface area contributed by atoms with E-state index in [0.717, 1.165) is 38.2 Å². The number of carbonyl (C=O) groups excluding carboxylic acids is 1. The van der Waals surface area contributed by atoms with E-state index in [4.69, 9.17) is 4.42 Å². The molecule has 0 radical (unpaired) electrons. The molecule has 0 unspecified atom stereocenters. The molecule has 2 aromatic heterocycles. The van der Waals surface area contributed by atoms with Crippen molar-refractivity contribution in [2.75, 3.05) is 13.1 Å². The Morgan fingerprint density at radius 1 is 1.48 bits per heavy atom. The maximum atomic E-state index is 12.3. The van der Waals surface area contributed by atoms with Crippen molar-refractivity contribution in [3.63, 3.8) is 0 Å². The van der Waals surface area contributed by atoms with Crippen LogP contribution in [0.5, 0.6) is 0 Å². The summed E-state index contributed by atoms with van der Waals surface area (Å²) in [4.78, 5) is 18.8. The van der Waals surface area contributed by atoms with E-state index in [9.17, 15) is 4.79 Å². The Labute approximate surface area is 140 Å².